The Morgan fingerprint density at radius 2 is 2.10 bits per heavy atom. The number of ether oxygens (including phenoxy) is 1. The lowest BCUT2D eigenvalue weighted by Gasteiger charge is -2.43. The van der Waals surface area contributed by atoms with Crippen molar-refractivity contribution < 1.29 is 17.9 Å². The number of fused-ring (bicyclic) bond motifs is 1. The van der Waals surface area contributed by atoms with Crippen LogP contribution in [0.5, 0.6) is 0 Å². The Morgan fingerprint density at radius 1 is 1.34 bits per heavy atom. The Labute approximate surface area is 175 Å². The van der Waals surface area contributed by atoms with Crippen molar-refractivity contribution in [2.24, 2.45) is 4.40 Å². The number of likely N-dealkylation sites (N-methyl/N-ethyl adjacent to an activating group) is 1. The lowest BCUT2D eigenvalue weighted by molar-refractivity contribution is -0.122. The highest BCUT2D eigenvalue weighted by atomic mass is 32.2. The average molecular weight is 439 g/mol. The minimum absolute atomic E-state index is 0.0243. The van der Waals surface area contributed by atoms with Crippen LogP contribution in [0.1, 0.15) is 12.0 Å². The molecule has 29 heavy (non-hydrogen) atoms. The highest BCUT2D eigenvalue weighted by Gasteiger charge is 2.41. The van der Waals surface area contributed by atoms with Crippen LogP contribution in [0.4, 0.5) is 0 Å². The molecule has 4 rings (SSSR count). The third-order valence-electron chi connectivity index (χ3n) is 5.73. The predicted octanol–water partition coefficient (Wildman–Crippen LogP) is 0.391. The molecule has 0 spiro atoms. The number of sulfonamides is 1. The molecule has 8 nitrogen and oxygen atoms in total. The van der Waals surface area contributed by atoms with Crippen molar-refractivity contribution in [3.05, 3.63) is 29.8 Å². The second-order valence-corrected chi connectivity index (χ2v) is 10.3. The van der Waals surface area contributed by atoms with Gasteiger partial charge in [-0.1, -0.05) is 12.1 Å². The summed E-state index contributed by atoms with van der Waals surface area (Å²) in [5, 5.41) is 3.08. The van der Waals surface area contributed by atoms with Gasteiger partial charge in [0, 0.05) is 43.5 Å². The molecule has 0 aromatic heterocycles. The Balaban J connectivity index is 1.40. The topological polar surface area (TPSA) is 91.3 Å². The molecular formula is C19H26N4O4S2. The van der Waals surface area contributed by atoms with Gasteiger partial charge in [-0.2, -0.15) is 20.2 Å². The molecule has 0 bridgehead atoms. The summed E-state index contributed by atoms with van der Waals surface area (Å²) in [5.74, 6) is 2.27. The van der Waals surface area contributed by atoms with Gasteiger partial charge in [0.25, 0.3) is 10.0 Å². The maximum atomic E-state index is 12.7. The fourth-order valence-corrected chi connectivity index (χ4v) is 6.84. The molecule has 1 atom stereocenters. The van der Waals surface area contributed by atoms with Gasteiger partial charge in [0.15, 0.2) is 5.84 Å². The van der Waals surface area contributed by atoms with E-state index in [1.807, 2.05) is 11.8 Å². The van der Waals surface area contributed by atoms with Crippen molar-refractivity contribution in [2.45, 2.75) is 16.9 Å². The van der Waals surface area contributed by atoms with E-state index in [1.165, 1.54) is 0 Å². The summed E-state index contributed by atoms with van der Waals surface area (Å²) in [6, 6.07) is 6.70. The van der Waals surface area contributed by atoms with Crippen LogP contribution in [-0.4, -0.2) is 93.4 Å². The third-order valence-corrected chi connectivity index (χ3v) is 8.29. The normalized spacial score (nSPS) is 26.0. The standard InChI is InChI=1S/C19H26N4O4S2/c1-22(18-15-4-2-3-5-16(15)29(25,26)21-18)12-17(24)20-13-19(6-11-28-14-19)23-7-9-27-10-8-23/h2-5H,6-14H2,1H3,(H,20,24). The van der Waals surface area contributed by atoms with Crippen LogP contribution in [0, 0.1) is 0 Å². The van der Waals surface area contributed by atoms with E-state index in [4.69, 9.17) is 4.74 Å². The van der Waals surface area contributed by atoms with E-state index in [-0.39, 0.29) is 22.9 Å². The molecule has 1 amide bonds. The van der Waals surface area contributed by atoms with Crippen molar-refractivity contribution in [2.75, 3.05) is 57.9 Å². The number of thioether (sulfide) groups is 1. The zero-order valence-corrected chi connectivity index (χ0v) is 18.1. The molecular weight excluding hydrogens is 412 g/mol. The smallest absolute Gasteiger partial charge is 0.285 e. The van der Waals surface area contributed by atoms with E-state index < -0.39 is 10.0 Å². The van der Waals surface area contributed by atoms with Gasteiger partial charge in [0.2, 0.25) is 5.91 Å². The quantitative estimate of drug-likeness (QED) is 0.711. The molecule has 1 unspecified atom stereocenters. The predicted molar refractivity (Wildman–Crippen MR) is 113 cm³/mol. The number of amides is 1. The van der Waals surface area contributed by atoms with E-state index >= 15 is 0 Å². The molecule has 1 aromatic carbocycles. The summed E-state index contributed by atoms with van der Waals surface area (Å²) in [6.45, 7) is 3.89. The maximum Gasteiger partial charge on any atom is 0.285 e. The number of benzene rings is 1. The molecule has 0 saturated carbocycles. The fourth-order valence-electron chi connectivity index (χ4n) is 4.11. The summed E-state index contributed by atoms with van der Waals surface area (Å²) < 4.78 is 33.8. The molecule has 1 N–H and O–H groups in total. The number of nitrogens with one attached hydrogen (secondary N) is 1. The van der Waals surface area contributed by atoms with Crippen LogP contribution in [0.2, 0.25) is 0 Å². The third kappa shape index (κ3) is 4.16. The van der Waals surface area contributed by atoms with E-state index in [9.17, 15) is 13.2 Å². The molecule has 10 heteroatoms. The van der Waals surface area contributed by atoms with Gasteiger partial charge in [0.05, 0.1) is 19.8 Å². The van der Waals surface area contributed by atoms with Gasteiger partial charge >= 0.3 is 0 Å². The summed E-state index contributed by atoms with van der Waals surface area (Å²) in [4.78, 5) is 16.9. The first-order valence-electron chi connectivity index (χ1n) is 9.74. The average Bonchev–Trinajstić information content (AvgIpc) is 3.31. The van der Waals surface area contributed by atoms with Crippen LogP contribution in [-0.2, 0) is 19.6 Å². The molecule has 2 fully saturated rings. The number of hydrogen-bond acceptors (Lipinski definition) is 7. The number of hydrogen-bond donors (Lipinski definition) is 1. The van der Waals surface area contributed by atoms with Crippen molar-refractivity contribution in [3.63, 3.8) is 0 Å². The van der Waals surface area contributed by atoms with Gasteiger partial charge in [-0.15, -0.1) is 4.40 Å². The number of nitrogens with zero attached hydrogens (tertiary/aromatic N) is 3. The van der Waals surface area contributed by atoms with Crippen molar-refractivity contribution >= 4 is 33.5 Å². The molecule has 1 aromatic rings. The number of carbonyl (C=O) groups is 1. The highest BCUT2D eigenvalue weighted by Crippen LogP contribution is 2.33. The highest BCUT2D eigenvalue weighted by molar-refractivity contribution is 7.99. The van der Waals surface area contributed by atoms with Crippen LogP contribution >= 0.6 is 11.8 Å². The number of rotatable bonds is 5. The van der Waals surface area contributed by atoms with E-state index in [2.05, 4.69) is 14.6 Å². The van der Waals surface area contributed by atoms with Crippen LogP contribution in [0.3, 0.4) is 0 Å². The minimum atomic E-state index is -3.69. The molecule has 0 aliphatic carbocycles. The maximum absolute atomic E-state index is 12.7. The lowest BCUT2D eigenvalue weighted by Crippen LogP contribution is -2.59. The molecule has 0 radical (unpaired) electrons. The van der Waals surface area contributed by atoms with Gasteiger partial charge < -0.3 is 15.0 Å². The Hall–Kier alpha value is -1.62. The minimum Gasteiger partial charge on any atom is -0.379 e. The first-order valence-corrected chi connectivity index (χ1v) is 12.3. The number of morpholine rings is 1. The second kappa shape index (κ2) is 8.25. The van der Waals surface area contributed by atoms with Crippen molar-refractivity contribution in [1.29, 1.82) is 0 Å². The van der Waals surface area contributed by atoms with Crippen LogP contribution in [0.25, 0.3) is 0 Å². The summed E-state index contributed by atoms with van der Waals surface area (Å²) in [7, 11) is -2.00. The largest absolute Gasteiger partial charge is 0.379 e. The first-order chi connectivity index (χ1) is 13.9. The number of carbonyl (C=O) groups excluding carboxylic acids is 1. The van der Waals surface area contributed by atoms with Crippen molar-refractivity contribution in [3.8, 4) is 0 Å². The van der Waals surface area contributed by atoms with Crippen molar-refractivity contribution in [1.82, 2.24) is 15.1 Å². The second-order valence-electron chi connectivity index (χ2n) is 7.65. The first kappa shape index (κ1) is 20.6. The molecule has 3 aliphatic rings. The van der Waals surface area contributed by atoms with Gasteiger partial charge in [-0.25, -0.2) is 0 Å². The van der Waals surface area contributed by atoms with E-state index in [1.54, 1.807) is 36.2 Å². The van der Waals surface area contributed by atoms with E-state index in [0.29, 0.717) is 17.9 Å². The summed E-state index contributed by atoms with van der Waals surface area (Å²) >= 11 is 1.92. The summed E-state index contributed by atoms with van der Waals surface area (Å²) in [6.07, 6.45) is 1.05. The molecule has 158 valence electrons. The Kier molecular flexibility index (Phi) is 5.87. The van der Waals surface area contributed by atoms with Gasteiger partial charge in [0.1, 0.15) is 4.90 Å². The molecule has 2 saturated heterocycles. The van der Waals surface area contributed by atoms with Crippen LogP contribution < -0.4 is 5.32 Å². The monoisotopic (exact) mass is 438 g/mol. The SMILES string of the molecule is CN(CC(=O)NCC1(N2CCOCC2)CCSC1)C1=NS(=O)(=O)c2ccccc21. The summed E-state index contributed by atoms with van der Waals surface area (Å²) in [5.41, 5.74) is 0.517. The Bertz CT molecular complexity index is 907. The number of amidine groups is 1. The van der Waals surface area contributed by atoms with Gasteiger partial charge in [-0.05, 0) is 24.3 Å². The zero-order chi connectivity index (χ0) is 20.5. The van der Waals surface area contributed by atoms with Crippen LogP contribution in [0.15, 0.2) is 33.6 Å². The van der Waals surface area contributed by atoms with E-state index in [0.717, 1.165) is 44.2 Å². The van der Waals surface area contributed by atoms with Gasteiger partial charge in [-0.3, -0.25) is 9.69 Å². The lowest BCUT2D eigenvalue weighted by atomic mass is 9.95. The molecule has 3 heterocycles. The molecule has 3 aliphatic heterocycles. The fraction of sp³-hybridized carbons (Fsp3) is 0.579. The zero-order valence-electron chi connectivity index (χ0n) is 16.5. The Morgan fingerprint density at radius 3 is 2.83 bits per heavy atom.